The van der Waals surface area contributed by atoms with Gasteiger partial charge in [0.15, 0.2) is 0 Å². The zero-order valence-electron chi connectivity index (χ0n) is 15.4. The van der Waals surface area contributed by atoms with Gasteiger partial charge in [0, 0.05) is 27.9 Å². The predicted octanol–water partition coefficient (Wildman–Crippen LogP) is 6.56. The van der Waals surface area contributed by atoms with Gasteiger partial charge in [0.05, 0.1) is 22.6 Å². The molecule has 0 saturated carbocycles. The molecule has 0 amide bonds. The Morgan fingerprint density at radius 1 is 0.893 bits per heavy atom. The van der Waals surface area contributed by atoms with Crippen molar-refractivity contribution in [3.8, 4) is 11.4 Å². The fourth-order valence-electron chi connectivity index (χ4n) is 3.51. The lowest BCUT2D eigenvalue weighted by molar-refractivity contribution is 0.654. The first-order valence-corrected chi connectivity index (χ1v) is 9.12. The minimum atomic E-state index is 0.618. The first-order chi connectivity index (χ1) is 13.8. The Kier molecular flexibility index (Phi) is 3.76. The van der Waals surface area contributed by atoms with Gasteiger partial charge in [-0.15, -0.1) is 0 Å². The SMILES string of the molecule is C=Cc1ccc2ccc(-c3ccc4c(n3)oc3ccccc34)nc2c1N=CC. The lowest BCUT2D eigenvalue weighted by atomic mass is 10.1. The summed E-state index contributed by atoms with van der Waals surface area (Å²) in [6.07, 6.45) is 3.57. The number of aliphatic imine (C=N–C) groups is 1. The van der Waals surface area contributed by atoms with Gasteiger partial charge >= 0.3 is 0 Å². The van der Waals surface area contributed by atoms with Crippen LogP contribution in [0, 0.1) is 0 Å². The van der Waals surface area contributed by atoms with E-state index in [1.54, 1.807) is 12.3 Å². The zero-order chi connectivity index (χ0) is 19.1. The molecule has 0 aliphatic rings. The zero-order valence-corrected chi connectivity index (χ0v) is 15.4. The molecule has 0 atom stereocenters. The van der Waals surface area contributed by atoms with E-state index < -0.39 is 0 Å². The van der Waals surface area contributed by atoms with Crippen LogP contribution in [0.5, 0.6) is 0 Å². The van der Waals surface area contributed by atoms with Gasteiger partial charge in [0.1, 0.15) is 5.58 Å². The topological polar surface area (TPSA) is 51.3 Å². The Morgan fingerprint density at radius 3 is 2.54 bits per heavy atom. The highest BCUT2D eigenvalue weighted by Crippen LogP contribution is 2.33. The number of nitrogens with zero attached hydrogens (tertiary/aromatic N) is 3. The van der Waals surface area contributed by atoms with Gasteiger partial charge in [-0.3, -0.25) is 4.99 Å². The molecule has 0 saturated heterocycles. The number of pyridine rings is 2. The number of hydrogen-bond donors (Lipinski definition) is 0. The second-order valence-corrected chi connectivity index (χ2v) is 6.51. The summed E-state index contributed by atoms with van der Waals surface area (Å²) in [7, 11) is 0. The van der Waals surface area contributed by atoms with Gasteiger partial charge in [0.2, 0.25) is 5.71 Å². The number of para-hydroxylation sites is 1. The van der Waals surface area contributed by atoms with E-state index in [0.717, 1.165) is 49.9 Å². The summed E-state index contributed by atoms with van der Waals surface area (Å²) in [6, 6.07) is 20.1. The lowest BCUT2D eigenvalue weighted by Crippen LogP contribution is -1.90. The molecular weight excluding hydrogens is 346 g/mol. The molecule has 0 unspecified atom stereocenters. The quantitative estimate of drug-likeness (QED) is 0.341. The minimum Gasteiger partial charge on any atom is -0.438 e. The molecule has 134 valence electrons. The number of furan rings is 1. The summed E-state index contributed by atoms with van der Waals surface area (Å²) in [5.41, 5.74) is 5.61. The highest BCUT2D eigenvalue weighted by Gasteiger charge is 2.12. The van der Waals surface area contributed by atoms with Crippen LogP contribution in [0.3, 0.4) is 0 Å². The van der Waals surface area contributed by atoms with Crippen molar-refractivity contribution in [1.82, 2.24) is 9.97 Å². The smallest absolute Gasteiger partial charge is 0.227 e. The van der Waals surface area contributed by atoms with Crippen molar-refractivity contribution in [2.24, 2.45) is 4.99 Å². The number of fused-ring (bicyclic) bond motifs is 4. The van der Waals surface area contributed by atoms with Crippen LogP contribution in [-0.2, 0) is 0 Å². The Morgan fingerprint density at radius 2 is 1.68 bits per heavy atom. The van der Waals surface area contributed by atoms with Gasteiger partial charge in [0.25, 0.3) is 0 Å². The molecule has 0 N–H and O–H groups in total. The molecule has 3 aromatic heterocycles. The molecule has 5 aromatic rings. The maximum atomic E-state index is 5.93. The largest absolute Gasteiger partial charge is 0.438 e. The lowest BCUT2D eigenvalue weighted by Gasteiger charge is -2.08. The molecular formula is C24H17N3O. The molecule has 0 bridgehead atoms. The maximum Gasteiger partial charge on any atom is 0.227 e. The number of benzene rings is 2. The van der Waals surface area contributed by atoms with Gasteiger partial charge < -0.3 is 4.42 Å². The molecule has 0 spiro atoms. The third-order valence-electron chi connectivity index (χ3n) is 4.85. The summed E-state index contributed by atoms with van der Waals surface area (Å²) in [5.74, 6) is 0. The molecule has 0 aliphatic carbocycles. The summed E-state index contributed by atoms with van der Waals surface area (Å²) < 4.78 is 5.93. The van der Waals surface area contributed by atoms with Crippen molar-refractivity contribution in [2.45, 2.75) is 6.92 Å². The second kappa shape index (κ2) is 6.43. The van der Waals surface area contributed by atoms with Crippen LogP contribution in [0.1, 0.15) is 12.5 Å². The van der Waals surface area contributed by atoms with Gasteiger partial charge in [-0.05, 0) is 31.2 Å². The molecule has 0 fully saturated rings. The molecule has 0 aliphatic heterocycles. The molecule has 4 heteroatoms. The van der Waals surface area contributed by atoms with Gasteiger partial charge in [-0.1, -0.05) is 49.1 Å². The highest BCUT2D eigenvalue weighted by atomic mass is 16.3. The van der Waals surface area contributed by atoms with E-state index in [4.69, 9.17) is 14.4 Å². The highest BCUT2D eigenvalue weighted by molar-refractivity contribution is 6.04. The predicted molar refractivity (Wildman–Crippen MR) is 116 cm³/mol. The average molecular weight is 363 g/mol. The molecule has 0 radical (unpaired) electrons. The Bertz CT molecular complexity index is 1400. The first kappa shape index (κ1) is 16.4. The Balaban J connectivity index is 1.73. The third kappa shape index (κ3) is 2.50. The monoisotopic (exact) mass is 363 g/mol. The van der Waals surface area contributed by atoms with E-state index in [1.165, 1.54) is 0 Å². The van der Waals surface area contributed by atoms with Crippen LogP contribution in [0.15, 0.2) is 76.7 Å². The van der Waals surface area contributed by atoms with Crippen LogP contribution < -0.4 is 0 Å². The first-order valence-electron chi connectivity index (χ1n) is 9.12. The van der Waals surface area contributed by atoms with Crippen molar-refractivity contribution in [3.63, 3.8) is 0 Å². The molecule has 4 nitrogen and oxygen atoms in total. The normalized spacial score (nSPS) is 11.8. The molecule has 3 heterocycles. The Hall–Kier alpha value is -3.79. The van der Waals surface area contributed by atoms with E-state index in [0.29, 0.717) is 5.71 Å². The van der Waals surface area contributed by atoms with Crippen molar-refractivity contribution in [2.75, 3.05) is 0 Å². The third-order valence-corrected chi connectivity index (χ3v) is 4.85. The van der Waals surface area contributed by atoms with Crippen molar-refractivity contribution in [1.29, 1.82) is 0 Å². The van der Waals surface area contributed by atoms with Crippen LogP contribution in [0.4, 0.5) is 5.69 Å². The van der Waals surface area contributed by atoms with Crippen molar-refractivity contribution < 1.29 is 4.42 Å². The van der Waals surface area contributed by atoms with E-state index >= 15 is 0 Å². The van der Waals surface area contributed by atoms with E-state index in [1.807, 2.05) is 67.6 Å². The standard InChI is InChI=1S/C24H17N3O/c1-3-15-9-10-16-11-13-19(26-23(16)22(15)25-4-2)20-14-12-18-17-7-5-6-8-21(17)28-24(18)27-20/h3-14H,1H2,2H3. The van der Waals surface area contributed by atoms with Crippen LogP contribution in [0.25, 0.3) is 50.4 Å². The summed E-state index contributed by atoms with van der Waals surface area (Å²) in [5, 5.41) is 3.10. The molecule has 2 aromatic carbocycles. The van der Waals surface area contributed by atoms with E-state index in [9.17, 15) is 0 Å². The van der Waals surface area contributed by atoms with Gasteiger partial charge in [-0.2, -0.15) is 0 Å². The number of aromatic nitrogens is 2. The number of rotatable bonds is 3. The van der Waals surface area contributed by atoms with Gasteiger partial charge in [-0.25, -0.2) is 9.97 Å². The second-order valence-electron chi connectivity index (χ2n) is 6.51. The molecule has 5 rings (SSSR count). The van der Waals surface area contributed by atoms with Crippen molar-refractivity contribution in [3.05, 3.63) is 72.8 Å². The van der Waals surface area contributed by atoms with Crippen LogP contribution in [0.2, 0.25) is 0 Å². The summed E-state index contributed by atoms with van der Waals surface area (Å²) in [6.45, 7) is 5.79. The average Bonchev–Trinajstić information content (AvgIpc) is 3.11. The van der Waals surface area contributed by atoms with Crippen LogP contribution >= 0.6 is 0 Å². The van der Waals surface area contributed by atoms with Crippen LogP contribution in [-0.4, -0.2) is 16.2 Å². The van der Waals surface area contributed by atoms with Crippen molar-refractivity contribution >= 4 is 50.9 Å². The fraction of sp³-hybridized carbons (Fsp3) is 0.0417. The molecule has 28 heavy (non-hydrogen) atoms. The number of hydrogen-bond acceptors (Lipinski definition) is 4. The Labute approximate surface area is 161 Å². The maximum absolute atomic E-state index is 5.93. The van der Waals surface area contributed by atoms with E-state index in [-0.39, 0.29) is 0 Å². The summed E-state index contributed by atoms with van der Waals surface area (Å²) in [4.78, 5) is 14.1. The minimum absolute atomic E-state index is 0.618. The van der Waals surface area contributed by atoms with E-state index in [2.05, 4.69) is 11.6 Å². The fourth-order valence-corrected chi connectivity index (χ4v) is 3.51. The summed E-state index contributed by atoms with van der Waals surface area (Å²) >= 11 is 0.